The fraction of sp³-hybridized carbons (Fsp3) is 0.731. The van der Waals surface area contributed by atoms with Gasteiger partial charge in [-0.05, 0) is 96.3 Å². The molecule has 0 bridgehead atoms. The van der Waals surface area contributed by atoms with E-state index in [1.54, 1.807) is 0 Å². The van der Waals surface area contributed by atoms with Crippen LogP contribution in [-0.2, 0) is 19.1 Å². The number of ether oxygens (including phenoxy) is 2. The van der Waals surface area contributed by atoms with E-state index in [-0.39, 0.29) is 25.2 Å². The Morgan fingerprint density at radius 1 is 0.333 bits per heavy atom. The number of hydrogen-bond acceptors (Lipinski definition) is 5. The van der Waals surface area contributed by atoms with Crippen LogP contribution in [0, 0.1) is 0 Å². The molecule has 0 spiro atoms. The van der Waals surface area contributed by atoms with Crippen molar-refractivity contribution < 1.29 is 24.2 Å². The molecule has 0 aromatic heterocycles. The van der Waals surface area contributed by atoms with Crippen molar-refractivity contribution >= 4 is 11.9 Å². The first kappa shape index (κ1) is 68.8. The molecule has 0 aliphatic carbocycles. The van der Waals surface area contributed by atoms with Crippen LogP contribution in [0.1, 0.15) is 296 Å². The zero-order valence-corrected chi connectivity index (χ0v) is 47.4. The molecular weight excluding hydrogens is 885 g/mol. The maximum absolute atomic E-state index is 12.3. The number of esters is 2. The molecule has 0 aliphatic heterocycles. The molecule has 5 heteroatoms. The lowest BCUT2D eigenvalue weighted by atomic mass is 10.0. The number of aliphatic hydroxyl groups is 1. The Morgan fingerprint density at radius 2 is 0.597 bits per heavy atom. The second-order valence-corrected chi connectivity index (χ2v) is 20.4. The third kappa shape index (κ3) is 59.4. The minimum atomic E-state index is -0.776. The van der Waals surface area contributed by atoms with Crippen molar-refractivity contribution in [3.8, 4) is 0 Å². The summed E-state index contributed by atoms with van der Waals surface area (Å²) in [5.41, 5.74) is 0. The van der Waals surface area contributed by atoms with Crippen LogP contribution >= 0.6 is 0 Å². The molecule has 0 heterocycles. The van der Waals surface area contributed by atoms with Crippen molar-refractivity contribution in [2.24, 2.45) is 0 Å². The van der Waals surface area contributed by atoms with Crippen molar-refractivity contribution in [1.82, 2.24) is 0 Å². The molecule has 72 heavy (non-hydrogen) atoms. The number of hydrogen-bond donors (Lipinski definition) is 1. The molecule has 414 valence electrons. The van der Waals surface area contributed by atoms with Gasteiger partial charge in [0, 0.05) is 12.8 Å². The molecule has 1 N–H and O–H groups in total. The first-order valence-electron chi connectivity index (χ1n) is 30.8. The lowest BCUT2D eigenvalue weighted by molar-refractivity contribution is -0.161. The Bertz CT molecular complexity index is 1360. The van der Waals surface area contributed by atoms with Gasteiger partial charge in [0.2, 0.25) is 0 Å². The lowest BCUT2D eigenvalue weighted by Crippen LogP contribution is -2.28. The maximum Gasteiger partial charge on any atom is 0.306 e. The maximum atomic E-state index is 12.3. The summed E-state index contributed by atoms with van der Waals surface area (Å²) in [6, 6.07) is 0. The van der Waals surface area contributed by atoms with Gasteiger partial charge in [-0.25, -0.2) is 0 Å². The van der Waals surface area contributed by atoms with E-state index < -0.39 is 6.10 Å². The van der Waals surface area contributed by atoms with Crippen LogP contribution in [0.15, 0.2) is 97.2 Å². The summed E-state index contributed by atoms with van der Waals surface area (Å²) in [6.45, 7) is 4.02. The van der Waals surface area contributed by atoms with Gasteiger partial charge in [-0.3, -0.25) is 9.59 Å². The minimum absolute atomic E-state index is 0.0679. The Hall–Kier alpha value is -3.18. The summed E-state index contributed by atoms with van der Waals surface area (Å²) in [5.74, 6) is -0.586. The Labute approximate surface area is 447 Å². The van der Waals surface area contributed by atoms with Gasteiger partial charge in [0.1, 0.15) is 6.61 Å². The van der Waals surface area contributed by atoms with E-state index in [1.165, 1.54) is 186 Å². The van der Waals surface area contributed by atoms with E-state index in [1.807, 2.05) is 0 Å². The van der Waals surface area contributed by atoms with Crippen molar-refractivity contribution in [2.75, 3.05) is 13.2 Å². The van der Waals surface area contributed by atoms with E-state index in [0.29, 0.717) is 12.8 Å². The second kappa shape index (κ2) is 62.1. The van der Waals surface area contributed by atoms with Crippen molar-refractivity contribution in [1.29, 1.82) is 0 Å². The molecule has 0 fully saturated rings. The fourth-order valence-electron chi connectivity index (χ4n) is 8.77. The summed E-state index contributed by atoms with van der Waals surface area (Å²) in [5, 5.41) is 9.66. The van der Waals surface area contributed by atoms with Crippen molar-refractivity contribution in [3.63, 3.8) is 0 Å². The van der Waals surface area contributed by atoms with Gasteiger partial charge in [-0.2, -0.15) is 0 Å². The Kier molecular flexibility index (Phi) is 59.4. The molecule has 5 nitrogen and oxygen atoms in total. The van der Waals surface area contributed by atoms with Crippen LogP contribution in [0.3, 0.4) is 0 Å². The molecule has 1 unspecified atom stereocenters. The quantitative estimate of drug-likeness (QED) is 0.0373. The number of rotatable bonds is 56. The number of carbonyl (C=O) groups is 2. The first-order valence-corrected chi connectivity index (χ1v) is 30.8. The first-order chi connectivity index (χ1) is 35.6. The highest BCUT2D eigenvalue weighted by atomic mass is 16.6. The van der Waals surface area contributed by atoms with Crippen LogP contribution in [-0.4, -0.2) is 36.4 Å². The monoisotopic (exact) mass is 1000 g/mol. The SMILES string of the molecule is CC/C=C\C/C=C\C/C=C\C/C=C\C/C=C\C/C=C\CCCCCCCCCCCCCCCCCCCCCCC(=O)OC(CO)COC(=O)CCCCCCCCCCC/C=C\C/C=C\CCCCC. The Morgan fingerprint density at radius 3 is 0.903 bits per heavy atom. The highest BCUT2D eigenvalue weighted by Crippen LogP contribution is 2.17. The number of carbonyl (C=O) groups excluding carboxylic acids is 2. The van der Waals surface area contributed by atoms with Gasteiger partial charge in [0.05, 0.1) is 6.61 Å². The zero-order chi connectivity index (χ0) is 52.0. The summed E-state index contributed by atoms with van der Waals surface area (Å²) in [7, 11) is 0. The van der Waals surface area contributed by atoms with Crippen molar-refractivity contribution in [3.05, 3.63) is 97.2 Å². The summed E-state index contributed by atoms with van der Waals surface area (Å²) in [6.07, 6.45) is 88.3. The van der Waals surface area contributed by atoms with Gasteiger partial charge < -0.3 is 14.6 Å². The van der Waals surface area contributed by atoms with E-state index in [0.717, 1.165) is 83.5 Å². The summed E-state index contributed by atoms with van der Waals surface area (Å²) < 4.78 is 10.7. The molecular formula is C67H116O5. The third-order valence-electron chi connectivity index (χ3n) is 13.4. The molecule has 0 saturated heterocycles. The molecule has 0 amide bonds. The predicted octanol–water partition coefficient (Wildman–Crippen LogP) is 21.1. The number of allylic oxidation sites excluding steroid dienone is 16. The highest BCUT2D eigenvalue weighted by Gasteiger charge is 2.16. The normalized spacial score (nSPS) is 12.9. The van der Waals surface area contributed by atoms with E-state index in [9.17, 15) is 14.7 Å². The minimum Gasteiger partial charge on any atom is -0.462 e. The summed E-state index contributed by atoms with van der Waals surface area (Å²) in [4.78, 5) is 24.5. The molecule has 0 aromatic rings. The van der Waals surface area contributed by atoms with Crippen LogP contribution < -0.4 is 0 Å². The fourth-order valence-corrected chi connectivity index (χ4v) is 8.77. The van der Waals surface area contributed by atoms with Crippen LogP contribution in [0.2, 0.25) is 0 Å². The smallest absolute Gasteiger partial charge is 0.306 e. The van der Waals surface area contributed by atoms with Crippen molar-refractivity contribution in [2.45, 2.75) is 302 Å². The highest BCUT2D eigenvalue weighted by molar-refractivity contribution is 5.70. The van der Waals surface area contributed by atoms with Crippen LogP contribution in [0.4, 0.5) is 0 Å². The average Bonchev–Trinajstić information content (AvgIpc) is 3.38. The van der Waals surface area contributed by atoms with Gasteiger partial charge >= 0.3 is 11.9 Å². The van der Waals surface area contributed by atoms with Gasteiger partial charge in [0.25, 0.3) is 0 Å². The Balaban J connectivity index is 3.45. The largest absolute Gasteiger partial charge is 0.462 e. The van der Waals surface area contributed by atoms with E-state index >= 15 is 0 Å². The lowest BCUT2D eigenvalue weighted by Gasteiger charge is -2.15. The van der Waals surface area contributed by atoms with Crippen LogP contribution in [0.25, 0.3) is 0 Å². The van der Waals surface area contributed by atoms with Crippen LogP contribution in [0.5, 0.6) is 0 Å². The molecule has 0 saturated carbocycles. The van der Waals surface area contributed by atoms with Gasteiger partial charge in [-0.15, -0.1) is 0 Å². The molecule has 0 aromatic carbocycles. The second-order valence-electron chi connectivity index (χ2n) is 20.4. The topological polar surface area (TPSA) is 72.8 Å². The number of aliphatic hydroxyl groups excluding tert-OH is 1. The summed E-state index contributed by atoms with van der Waals surface area (Å²) >= 11 is 0. The van der Waals surface area contributed by atoms with Gasteiger partial charge in [-0.1, -0.05) is 284 Å². The van der Waals surface area contributed by atoms with E-state index in [2.05, 4.69) is 111 Å². The van der Waals surface area contributed by atoms with E-state index in [4.69, 9.17) is 9.47 Å². The molecule has 0 rings (SSSR count). The van der Waals surface area contributed by atoms with Gasteiger partial charge in [0.15, 0.2) is 6.10 Å². The third-order valence-corrected chi connectivity index (χ3v) is 13.4. The number of unbranched alkanes of at least 4 members (excludes halogenated alkanes) is 32. The molecule has 0 aliphatic rings. The molecule has 1 atom stereocenters. The standard InChI is InChI=1S/C67H116O5/c1-3-5-7-9-11-13-15-17-19-21-23-24-25-26-27-28-29-30-31-32-33-34-35-36-37-38-39-40-41-42-44-46-48-50-52-54-56-58-60-62-67(70)72-65(63-68)64-71-66(69)61-59-57-55-53-51-49-47-45-43-22-20-18-16-14-12-10-8-6-4-2/h5,7,11-14,17-20,23-24,26-27,29-30,65,68H,3-4,6,8-10,15-16,21-22,25,28,31-64H2,1-2H3/b7-5-,13-11-,14-12-,19-17-,20-18-,24-23-,27-26-,30-29-. The predicted molar refractivity (Wildman–Crippen MR) is 316 cm³/mol. The zero-order valence-electron chi connectivity index (χ0n) is 47.4. The molecule has 0 radical (unpaired) electrons. The average molecular weight is 1000 g/mol.